The summed E-state index contributed by atoms with van der Waals surface area (Å²) in [5.41, 5.74) is 10.6. The van der Waals surface area contributed by atoms with Crippen LogP contribution in [0.4, 0.5) is 0 Å². The van der Waals surface area contributed by atoms with Crippen molar-refractivity contribution in [1.29, 1.82) is 0 Å². The van der Waals surface area contributed by atoms with Crippen LogP contribution in [-0.4, -0.2) is 39.2 Å². The lowest BCUT2D eigenvalue weighted by molar-refractivity contribution is 0.100. The molecule has 0 aromatic heterocycles. The molecule has 2 aromatic rings. The topological polar surface area (TPSA) is 85.9 Å². The van der Waals surface area contributed by atoms with Crippen molar-refractivity contribution < 1.29 is 14.3 Å². The van der Waals surface area contributed by atoms with Gasteiger partial charge in [-0.05, 0) is 47.7 Å². The number of hydrogen-bond donors (Lipinski definition) is 2. The van der Waals surface area contributed by atoms with E-state index in [0.29, 0.717) is 18.7 Å². The normalized spacial score (nSPS) is 13.5. The average molecular weight is 379 g/mol. The SMILES string of the molecule is COCCN/C(N)=N/C(=O)c1ccc2c(c1)C(c1ccccc1OC)=CCC2. The lowest BCUT2D eigenvalue weighted by Gasteiger charge is -2.20. The minimum Gasteiger partial charge on any atom is -0.496 e. The summed E-state index contributed by atoms with van der Waals surface area (Å²) in [6.45, 7) is 0.973. The minimum absolute atomic E-state index is 0.0836. The quantitative estimate of drug-likeness (QED) is 0.458. The Morgan fingerprint density at radius 1 is 1.18 bits per heavy atom. The molecule has 1 aliphatic carbocycles. The lowest BCUT2D eigenvalue weighted by atomic mass is 9.85. The maximum absolute atomic E-state index is 12.6. The zero-order valence-corrected chi connectivity index (χ0v) is 16.2. The van der Waals surface area contributed by atoms with Gasteiger partial charge in [0.05, 0.1) is 13.7 Å². The first-order chi connectivity index (χ1) is 13.6. The summed E-state index contributed by atoms with van der Waals surface area (Å²) in [6, 6.07) is 13.6. The first-order valence-corrected chi connectivity index (χ1v) is 9.22. The number of nitrogens with one attached hydrogen (secondary N) is 1. The van der Waals surface area contributed by atoms with Crippen LogP contribution in [0, 0.1) is 0 Å². The number of ether oxygens (including phenoxy) is 2. The van der Waals surface area contributed by atoms with Crippen molar-refractivity contribution in [3.63, 3.8) is 0 Å². The van der Waals surface area contributed by atoms with Gasteiger partial charge >= 0.3 is 0 Å². The number of fused-ring (bicyclic) bond motifs is 1. The molecule has 0 spiro atoms. The summed E-state index contributed by atoms with van der Waals surface area (Å²) in [5.74, 6) is 0.512. The van der Waals surface area contributed by atoms with Crippen LogP contribution in [0.25, 0.3) is 5.57 Å². The molecule has 0 aliphatic heterocycles. The molecule has 0 saturated carbocycles. The first kappa shape index (κ1) is 19.6. The summed E-state index contributed by atoms with van der Waals surface area (Å²) in [5, 5.41) is 2.85. The van der Waals surface area contributed by atoms with E-state index in [2.05, 4.69) is 16.4 Å². The molecular weight excluding hydrogens is 354 g/mol. The number of aliphatic imine (C=N–C) groups is 1. The van der Waals surface area contributed by atoms with E-state index in [1.165, 1.54) is 5.56 Å². The second kappa shape index (κ2) is 9.19. The Morgan fingerprint density at radius 3 is 2.79 bits per heavy atom. The van der Waals surface area contributed by atoms with E-state index in [4.69, 9.17) is 15.2 Å². The first-order valence-electron chi connectivity index (χ1n) is 9.22. The molecule has 6 nitrogen and oxygen atoms in total. The molecule has 1 aliphatic rings. The summed E-state index contributed by atoms with van der Waals surface area (Å²) < 4.78 is 10.5. The van der Waals surface area contributed by atoms with Crippen molar-refractivity contribution in [3.8, 4) is 5.75 Å². The van der Waals surface area contributed by atoms with Gasteiger partial charge in [-0.3, -0.25) is 4.79 Å². The second-order valence-corrected chi connectivity index (χ2v) is 6.45. The minimum atomic E-state index is -0.379. The average Bonchev–Trinajstić information content (AvgIpc) is 2.73. The number of amides is 1. The van der Waals surface area contributed by atoms with Gasteiger partial charge < -0.3 is 20.5 Å². The molecule has 0 radical (unpaired) electrons. The van der Waals surface area contributed by atoms with Gasteiger partial charge in [0, 0.05) is 24.8 Å². The summed E-state index contributed by atoms with van der Waals surface area (Å²) in [7, 11) is 3.26. The highest BCUT2D eigenvalue weighted by atomic mass is 16.5. The van der Waals surface area contributed by atoms with E-state index in [-0.39, 0.29) is 11.9 Å². The van der Waals surface area contributed by atoms with Gasteiger partial charge in [-0.15, -0.1) is 0 Å². The Balaban J connectivity index is 1.90. The van der Waals surface area contributed by atoms with Crippen LogP contribution in [0.5, 0.6) is 5.75 Å². The van der Waals surface area contributed by atoms with Gasteiger partial charge in [0.15, 0.2) is 5.96 Å². The number of para-hydroxylation sites is 1. The largest absolute Gasteiger partial charge is 0.496 e. The van der Waals surface area contributed by atoms with E-state index in [1.807, 2.05) is 36.4 Å². The van der Waals surface area contributed by atoms with Crippen LogP contribution in [0.2, 0.25) is 0 Å². The number of nitrogens with zero attached hydrogens (tertiary/aromatic N) is 1. The second-order valence-electron chi connectivity index (χ2n) is 6.45. The van der Waals surface area contributed by atoms with Crippen LogP contribution in [-0.2, 0) is 11.2 Å². The van der Waals surface area contributed by atoms with E-state index in [1.54, 1.807) is 20.3 Å². The molecule has 6 heteroatoms. The number of allylic oxidation sites excluding steroid dienone is 1. The maximum Gasteiger partial charge on any atom is 0.280 e. The maximum atomic E-state index is 12.6. The van der Waals surface area contributed by atoms with Crippen molar-refractivity contribution >= 4 is 17.4 Å². The Kier molecular flexibility index (Phi) is 6.45. The highest BCUT2D eigenvalue weighted by Crippen LogP contribution is 2.36. The van der Waals surface area contributed by atoms with Crippen LogP contribution < -0.4 is 15.8 Å². The molecule has 0 saturated heterocycles. The third-order valence-electron chi connectivity index (χ3n) is 4.64. The van der Waals surface area contributed by atoms with Gasteiger partial charge in [-0.2, -0.15) is 4.99 Å². The lowest BCUT2D eigenvalue weighted by Crippen LogP contribution is -2.34. The Labute approximate surface area is 165 Å². The number of hydrogen-bond acceptors (Lipinski definition) is 3. The highest BCUT2D eigenvalue weighted by Gasteiger charge is 2.19. The molecule has 0 atom stereocenters. The Bertz CT molecular complexity index is 919. The number of methoxy groups -OCH3 is 2. The highest BCUT2D eigenvalue weighted by molar-refractivity contribution is 6.03. The number of benzene rings is 2. The van der Waals surface area contributed by atoms with E-state index < -0.39 is 0 Å². The fourth-order valence-corrected chi connectivity index (χ4v) is 3.28. The van der Waals surface area contributed by atoms with E-state index in [9.17, 15) is 4.79 Å². The number of rotatable bonds is 6. The molecule has 0 bridgehead atoms. The molecule has 3 N–H and O–H groups in total. The van der Waals surface area contributed by atoms with Gasteiger partial charge in [0.2, 0.25) is 0 Å². The van der Waals surface area contributed by atoms with Gasteiger partial charge in [0.1, 0.15) is 5.75 Å². The van der Waals surface area contributed by atoms with E-state index >= 15 is 0 Å². The summed E-state index contributed by atoms with van der Waals surface area (Å²) in [6.07, 6.45) is 4.08. The molecule has 146 valence electrons. The van der Waals surface area contributed by atoms with Crippen molar-refractivity contribution in [3.05, 3.63) is 70.8 Å². The molecule has 0 heterocycles. The summed E-state index contributed by atoms with van der Waals surface area (Å²) >= 11 is 0. The third kappa shape index (κ3) is 4.40. The molecule has 0 fully saturated rings. The van der Waals surface area contributed by atoms with Crippen LogP contribution in [0.1, 0.15) is 33.5 Å². The van der Waals surface area contributed by atoms with Crippen LogP contribution in [0.3, 0.4) is 0 Å². The molecule has 3 rings (SSSR count). The fraction of sp³-hybridized carbons (Fsp3) is 0.273. The summed E-state index contributed by atoms with van der Waals surface area (Å²) in [4.78, 5) is 16.5. The molecule has 1 amide bonds. The number of nitrogens with two attached hydrogens (primary N) is 1. The van der Waals surface area contributed by atoms with Crippen LogP contribution >= 0.6 is 0 Å². The van der Waals surface area contributed by atoms with Crippen molar-refractivity contribution in [2.45, 2.75) is 12.8 Å². The monoisotopic (exact) mass is 379 g/mol. The molecular formula is C22H25N3O3. The van der Waals surface area contributed by atoms with Gasteiger partial charge in [0.25, 0.3) is 5.91 Å². The predicted molar refractivity (Wildman–Crippen MR) is 111 cm³/mol. The van der Waals surface area contributed by atoms with Gasteiger partial charge in [-0.25, -0.2) is 0 Å². The van der Waals surface area contributed by atoms with Gasteiger partial charge in [-0.1, -0.05) is 30.3 Å². The Morgan fingerprint density at radius 2 is 2.00 bits per heavy atom. The predicted octanol–water partition coefficient (Wildman–Crippen LogP) is 2.76. The third-order valence-corrected chi connectivity index (χ3v) is 4.64. The number of guanidine groups is 1. The number of aryl methyl sites for hydroxylation is 1. The standard InChI is InChI=1S/C22H25N3O3/c1-27-13-12-24-22(23)25-21(26)16-11-10-15-6-5-8-17(19(15)14-16)18-7-3-4-9-20(18)28-2/h3-4,7-11,14H,5-6,12-13H2,1-2H3,(H3,23,24,25,26). The zero-order valence-electron chi connectivity index (χ0n) is 16.2. The molecule has 2 aromatic carbocycles. The van der Waals surface area contributed by atoms with Crippen LogP contribution in [0.15, 0.2) is 53.5 Å². The van der Waals surface area contributed by atoms with Crippen molar-refractivity contribution in [2.24, 2.45) is 10.7 Å². The smallest absolute Gasteiger partial charge is 0.280 e. The molecule has 0 unspecified atom stereocenters. The zero-order chi connectivity index (χ0) is 19.9. The number of carbonyl (C=O) groups is 1. The molecule has 28 heavy (non-hydrogen) atoms. The van der Waals surface area contributed by atoms with E-state index in [0.717, 1.165) is 35.3 Å². The number of carbonyl (C=O) groups excluding carboxylic acids is 1. The Hall–Kier alpha value is -3.12. The van der Waals surface area contributed by atoms with Crippen molar-refractivity contribution in [2.75, 3.05) is 27.4 Å². The van der Waals surface area contributed by atoms with Crippen molar-refractivity contribution in [1.82, 2.24) is 5.32 Å². The fourth-order valence-electron chi connectivity index (χ4n) is 3.28.